The van der Waals surface area contributed by atoms with Crippen molar-refractivity contribution in [2.45, 2.75) is 44.7 Å². The molecule has 4 nitrogen and oxygen atoms in total. The first kappa shape index (κ1) is 14.8. The van der Waals surface area contributed by atoms with E-state index in [9.17, 15) is 0 Å². The maximum Gasteiger partial charge on any atom is 0.0547 e. The lowest BCUT2D eigenvalue weighted by atomic mass is 9.86. The Morgan fingerprint density at radius 3 is 2.80 bits per heavy atom. The van der Waals surface area contributed by atoms with Gasteiger partial charge in [0.25, 0.3) is 0 Å². The summed E-state index contributed by atoms with van der Waals surface area (Å²) in [5, 5.41) is 3.75. The lowest BCUT2D eigenvalue weighted by Crippen LogP contribution is -2.55. The second kappa shape index (κ2) is 6.30. The highest BCUT2D eigenvalue weighted by Crippen LogP contribution is 2.31. The van der Waals surface area contributed by atoms with Crippen molar-refractivity contribution < 1.29 is 4.74 Å². The maximum atomic E-state index is 5.75. The van der Waals surface area contributed by atoms with Crippen LogP contribution < -0.4 is 5.32 Å². The molecule has 1 N–H and O–H groups in total. The van der Waals surface area contributed by atoms with Crippen LogP contribution in [-0.4, -0.2) is 74.9 Å². The molecule has 4 heteroatoms. The molecule has 1 saturated carbocycles. The van der Waals surface area contributed by atoms with Gasteiger partial charge in [0.1, 0.15) is 0 Å². The predicted molar refractivity (Wildman–Crippen MR) is 82.0 cm³/mol. The van der Waals surface area contributed by atoms with Crippen LogP contribution in [0.3, 0.4) is 0 Å². The summed E-state index contributed by atoms with van der Waals surface area (Å²) in [4.78, 5) is 5.22. The van der Waals surface area contributed by atoms with E-state index >= 15 is 0 Å². The highest BCUT2D eigenvalue weighted by atomic mass is 16.5. The van der Waals surface area contributed by atoms with Gasteiger partial charge < -0.3 is 15.0 Å². The van der Waals surface area contributed by atoms with Crippen LogP contribution in [0.15, 0.2) is 0 Å². The highest BCUT2D eigenvalue weighted by Gasteiger charge is 2.39. The summed E-state index contributed by atoms with van der Waals surface area (Å²) in [7, 11) is 2.27. The number of nitrogens with one attached hydrogen (secondary N) is 1. The molecule has 116 valence electrons. The van der Waals surface area contributed by atoms with E-state index in [0.717, 1.165) is 31.8 Å². The molecular formula is C16H31N3O. The summed E-state index contributed by atoms with van der Waals surface area (Å²) >= 11 is 0. The first-order valence-corrected chi connectivity index (χ1v) is 8.44. The van der Waals surface area contributed by atoms with Crippen molar-refractivity contribution in [1.29, 1.82) is 0 Å². The Kier molecular flexibility index (Phi) is 4.65. The molecule has 2 saturated heterocycles. The van der Waals surface area contributed by atoms with E-state index in [0.29, 0.717) is 5.41 Å². The van der Waals surface area contributed by atoms with Crippen LogP contribution >= 0.6 is 0 Å². The van der Waals surface area contributed by atoms with E-state index < -0.39 is 0 Å². The summed E-state index contributed by atoms with van der Waals surface area (Å²) in [5.41, 5.74) is 0.372. The monoisotopic (exact) mass is 281 g/mol. The van der Waals surface area contributed by atoms with Gasteiger partial charge in [-0.1, -0.05) is 6.92 Å². The van der Waals surface area contributed by atoms with Crippen molar-refractivity contribution in [1.82, 2.24) is 15.1 Å². The zero-order valence-electron chi connectivity index (χ0n) is 13.2. The van der Waals surface area contributed by atoms with Crippen molar-refractivity contribution in [3.63, 3.8) is 0 Å². The molecule has 0 radical (unpaired) electrons. The molecule has 0 aromatic carbocycles. The Morgan fingerprint density at radius 2 is 2.15 bits per heavy atom. The van der Waals surface area contributed by atoms with E-state index in [1.807, 2.05) is 0 Å². The van der Waals surface area contributed by atoms with E-state index in [-0.39, 0.29) is 0 Å². The molecule has 2 aliphatic heterocycles. The van der Waals surface area contributed by atoms with Crippen molar-refractivity contribution in [2.75, 3.05) is 53.0 Å². The van der Waals surface area contributed by atoms with Gasteiger partial charge in [0.05, 0.1) is 6.61 Å². The number of ether oxygens (including phenoxy) is 1. The third kappa shape index (κ3) is 3.53. The van der Waals surface area contributed by atoms with Crippen molar-refractivity contribution >= 4 is 0 Å². The smallest absolute Gasteiger partial charge is 0.0547 e. The van der Waals surface area contributed by atoms with Crippen LogP contribution in [0.25, 0.3) is 0 Å². The first-order chi connectivity index (χ1) is 9.71. The molecule has 1 aliphatic carbocycles. The molecule has 0 aromatic heterocycles. The number of hydrogen-bond acceptors (Lipinski definition) is 4. The van der Waals surface area contributed by atoms with Crippen molar-refractivity contribution in [3.05, 3.63) is 0 Å². The van der Waals surface area contributed by atoms with Gasteiger partial charge in [0, 0.05) is 56.8 Å². The molecule has 20 heavy (non-hydrogen) atoms. The van der Waals surface area contributed by atoms with E-state index in [2.05, 4.69) is 29.1 Å². The largest absolute Gasteiger partial charge is 0.381 e. The minimum atomic E-state index is 0.372. The normalized spacial score (nSPS) is 36.6. The van der Waals surface area contributed by atoms with Gasteiger partial charge in [-0.05, 0) is 32.7 Å². The molecular weight excluding hydrogens is 250 g/mol. The van der Waals surface area contributed by atoms with E-state index in [4.69, 9.17) is 4.74 Å². The summed E-state index contributed by atoms with van der Waals surface area (Å²) < 4.78 is 5.75. The van der Waals surface area contributed by atoms with Crippen LogP contribution in [0.4, 0.5) is 0 Å². The minimum absolute atomic E-state index is 0.372. The zero-order chi connectivity index (χ0) is 14.0. The van der Waals surface area contributed by atoms with Gasteiger partial charge in [0.15, 0.2) is 0 Å². The highest BCUT2D eigenvalue weighted by molar-refractivity contribution is 4.93. The lowest BCUT2D eigenvalue weighted by Gasteiger charge is -2.43. The molecule has 0 amide bonds. The number of hydrogen-bond donors (Lipinski definition) is 1. The Bertz CT molecular complexity index is 313. The molecule has 2 atom stereocenters. The molecule has 2 unspecified atom stereocenters. The molecule has 0 spiro atoms. The fourth-order valence-corrected chi connectivity index (χ4v) is 3.69. The number of piperazine rings is 1. The first-order valence-electron chi connectivity index (χ1n) is 8.44. The Morgan fingerprint density at radius 1 is 1.30 bits per heavy atom. The average Bonchev–Trinajstić information content (AvgIpc) is 3.19. The Labute approximate surface area is 123 Å². The van der Waals surface area contributed by atoms with Gasteiger partial charge in [-0.25, -0.2) is 0 Å². The second-order valence-corrected chi connectivity index (χ2v) is 7.24. The lowest BCUT2D eigenvalue weighted by molar-refractivity contribution is 0.0489. The zero-order valence-corrected chi connectivity index (χ0v) is 13.2. The van der Waals surface area contributed by atoms with Crippen LogP contribution in [0.5, 0.6) is 0 Å². The topological polar surface area (TPSA) is 27.7 Å². The van der Waals surface area contributed by atoms with Crippen molar-refractivity contribution in [2.24, 2.45) is 5.41 Å². The van der Waals surface area contributed by atoms with Gasteiger partial charge in [-0.2, -0.15) is 0 Å². The number of rotatable bonds is 6. The van der Waals surface area contributed by atoms with Crippen LogP contribution in [0.1, 0.15) is 32.6 Å². The number of likely N-dealkylation sites (N-methyl/N-ethyl adjacent to an activating group) is 1. The average molecular weight is 281 g/mol. The summed E-state index contributed by atoms with van der Waals surface area (Å²) in [6.07, 6.45) is 5.25. The summed E-state index contributed by atoms with van der Waals surface area (Å²) in [6.45, 7) is 10.3. The Balaban J connectivity index is 1.55. The third-order valence-corrected chi connectivity index (χ3v) is 5.42. The number of nitrogens with zero attached hydrogens (tertiary/aromatic N) is 2. The molecule has 0 aromatic rings. The van der Waals surface area contributed by atoms with E-state index in [1.54, 1.807) is 0 Å². The standard InChI is InChI=1S/C16H31N3O/c1-3-15-10-19(8-7-18(15)2)12-16(6-9-20-13-16)11-17-14-4-5-14/h14-15,17H,3-13H2,1-2H3. The van der Waals surface area contributed by atoms with E-state index in [1.165, 1.54) is 51.9 Å². The summed E-state index contributed by atoms with van der Waals surface area (Å²) in [6, 6.07) is 1.54. The SMILES string of the molecule is CCC1CN(CC2(CNC3CC3)CCOC2)CCN1C. The molecule has 3 rings (SSSR count). The van der Waals surface area contributed by atoms with Crippen LogP contribution in [0.2, 0.25) is 0 Å². The van der Waals surface area contributed by atoms with Gasteiger partial charge in [-0.15, -0.1) is 0 Å². The minimum Gasteiger partial charge on any atom is -0.381 e. The molecule has 3 fully saturated rings. The molecule has 0 bridgehead atoms. The fourth-order valence-electron chi connectivity index (χ4n) is 3.69. The van der Waals surface area contributed by atoms with Crippen molar-refractivity contribution in [3.8, 4) is 0 Å². The third-order valence-electron chi connectivity index (χ3n) is 5.42. The van der Waals surface area contributed by atoms with Gasteiger partial charge in [-0.3, -0.25) is 4.90 Å². The molecule has 2 heterocycles. The molecule has 3 aliphatic rings. The van der Waals surface area contributed by atoms with Gasteiger partial charge in [0.2, 0.25) is 0 Å². The second-order valence-electron chi connectivity index (χ2n) is 7.24. The van der Waals surface area contributed by atoms with Gasteiger partial charge >= 0.3 is 0 Å². The van der Waals surface area contributed by atoms with Crippen LogP contribution in [-0.2, 0) is 4.74 Å². The predicted octanol–water partition coefficient (Wildman–Crippen LogP) is 1.17. The fraction of sp³-hybridized carbons (Fsp3) is 1.00. The summed E-state index contributed by atoms with van der Waals surface area (Å²) in [5.74, 6) is 0. The van der Waals surface area contributed by atoms with Crippen LogP contribution in [0, 0.1) is 5.41 Å². The Hall–Kier alpha value is -0.160. The maximum absolute atomic E-state index is 5.75. The quantitative estimate of drug-likeness (QED) is 0.791.